The number of nitrogens with one attached hydrogen (secondary N) is 1. The number of benzene rings is 2. The number of likely N-dealkylation sites (N-methyl/N-ethyl adjacent to an activating group) is 1. The first-order valence-corrected chi connectivity index (χ1v) is 10.8. The Morgan fingerprint density at radius 2 is 1.83 bits per heavy atom. The van der Waals surface area contributed by atoms with Gasteiger partial charge in [0, 0.05) is 19.6 Å². The molecule has 1 heterocycles. The minimum atomic E-state index is -0.159. The Labute approximate surface area is 180 Å². The van der Waals surface area contributed by atoms with Crippen LogP contribution in [0.4, 0.5) is 0 Å². The Balaban J connectivity index is 1.75. The molecule has 1 saturated heterocycles. The number of carbonyl (C=O) groups is 2. The van der Waals surface area contributed by atoms with Crippen molar-refractivity contribution in [1.29, 1.82) is 0 Å². The van der Waals surface area contributed by atoms with Crippen molar-refractivity contribution in [2.45, 2.75) is 32.2 Å². The largest absolute Gasteiger partial charge is 0.355 e. The summed E-state index contributed by atoms with van der Waals surface area (Å²) in [6.07, 6.45) is 1.95. The monoisotopic (exact) mass is 407 g/mol. The maximum atomic E-state index is 13.3. The number of hydrogen-bond donors (Lipinski definition) is 1. The van der Waals surface area contributed by atoms with Gasteiger partial charge in [-0.05, 0) is 45.0 Å². The van der Waals surface area contributed by atoms with Gasteiger partial charge in [-0.3, -0.25) is 9.59 Å². The summed E-state index contributed by atoms with van der Waals surface area (Å²) >= 11 is 0. The summed E-state index contributed by atoms with van der Waals surface area (Å²) in [5, 5.41) is 3.04. The first kappa shape index (κ1) is 22.0. The van der Waals surface area contributed by atoms with Crippen molar-refractivity contribution in [2.75, 3.05) is 33.7 Å². The van der Waals surface area contributed by atoms with Crippen molar-refractivity contribution in [3.05, 3.63) is 71.3 Å². The standard InChI is InChI=1S/C25H33N3O2/c1-19-8-7-11-21(16-19)23-13-12-22(25(30)26-14-15-27(2)3)18-28(23)24(29)17-20-9-5-4-6-10-20/h4-11,16,22-23H,12-15,17-18H2,1-3H3,(H,26,30). The second-order valence-corrected chi connectivity index (χ2v) is 8.51. The third-order valence-corrected chi connectivity index (χ3v) is 5.76. The summed E-state index contributed by atoms with van der Waals surface area (Å²) in [4.78, 5) is 30.0. The van der Waals surface area contributed by atoms with Crippen molar-refractivity contribution in [2.24, 2.45) is 5.92 Å². The lowest BCUT2D eigenvalue weighted by molar-refractivity contribution is -0.138. The molecule has 0 radical (unpaired) electrons. The van der Waals surface area contributed by atoms with Crippen LogP contribution in [0.5, 0.6) is 0 Å². The molecule has 1 aliphatic heterocycles. The quantitative estimate of drug-likeness (QED) is 0.767. The molecule has 1 fully saturated rings. The Morgan fingerprint density at radius 3 is 2.53 bits per heavy atom. The predicted molar refractivity (Wildman–Crippen MR) is 120 cm³/mol. The number of hydrogen-bond acceptors (Lipinski definition) is 3. The second-order valence-electron chi connectivity index (χ2n) is 8.51. The average Bonchev–Trinajstić information content (AvgIpc) is 2.73. The van der Waals surface area contributed by atoms with E-state index in [1.54, 1.807) is 0 Å². The van der Waals surface area contributed by atoms with Gasteiger partial charge in [0.1, 0.15) is 0 Å². The number of piperidine rings is 1. The first-order chi connectivity index (χ1) is 14.4. The zero-order chi connectivity index (χ0) is 21.5. The van der Waals surface area contributed by atoms with Crippen LogP contribution in [0.2, 0.25) is 0 Å². The van der Waals surface area contributed by atoms with Crippen molar-refractivity contribution in [1.82, 2.24) is 15.1 Å². The van der Waals surface area contributed by atoms with Crippen LogP contribution in [0.15, 0.2) is 54.6 Å². The summed E-state index contributed by atoms with van der Waals surface area (Å²) in [5.41, 5.74) is 3.34. The molecule has 2 aromatic rings. The van der Waals surface area contributed by atoms with Gasteiger partial charge in [0.15, 0.2) is 0 Å². The van der Waals surface area contributed by atoms with E-state index in [2.05, 4.69) is 30.4 Å². The van der Waals surface area contributed by atoms with Gasteiger partial charge in [-0.1, -0.05) is 60.2 Å². The van der Waals surface area contributed by atoms with E-state index < -0.39 is 0 Å². The molecular weight excluding hydrogens is 374 g/mol. The number of aryl methyl sites for hydroxylation is 1. The van der Waals surface area contributed by atoms with Crippen molar-refractivity contribution in [3.8, 4) is 0 Å². The van der Waals surface area contributed by atoms with E-state index in [0.717, 1.165) is 30.5 Å². The molecule has 0 aromatic heterocycles. The summed E-state index contributed by atoms with van der Waals surface area (Å²) in [6, 6.07) is 18.2. The third-order valence-electron chi connectivity index (χ3n) is 5.76. The van der Waals surface area contributed by atoms with E-state index in [9.17, 15) is 9.59 Å². The number of amides is 2. The van der Waals surface area contributed by atoms with Crippen LogP contribution in [0.3, 0.4) is 0 Å². The van der Waals surface area contributed by atoms with Crippen LogP contribution in [-0.2, 0) is 16.0 Å². The summed E-state index contributed by atoms with van der Waals surface area (Å²) in [5.74, 6) is -0.0245. The highest BCUT2D eigenvalue weighted by atomic mass is 16.2. The lowest BCUT2D eigenvalue weighted by atomic mass is 9.87. The summed E-state index contributed by atoms with van der Waals surface area (Å²) in [6.45, 7) is 3.98. The van der Waals surface area contributed by atoms with Gasteiger partial charge in [-0.15, -0.1) is 0 Å². The smallest absolute Gasteiger partial charge is 0.227 e. The third kappa shape index (κ3) is 5.92. The minimum Gasteiger partial charge on any atom is -0.355 e. The van der Waals surface area contributed by atoms with Crippen molar-refractivity contribution in [3.63, 3.8) is 0 Å². The van der Waals surface area contributed by atoms with Gasteiger partial charge < -0.3 is 15.1 Å². The van der Waals surface area contributed by atoms with Gasteiger partial charge in [-0.2, -0.15) is 0 Å². The molecule has 1 N–H and O–H groups in total. The molecule has 0 aliphatic carbocycles. The zero-order valence-corrected chi connectivity index (χ0v) is 18.3. The molecule has 0 saturated carbocycles. The van der Waals surface area contributed by atoms with Gasteiger partial charge in [0.05, 0.1) is 18.4 Å². The van der Waals surface area contributed by atoms with Gasteiger partial charge >= 0.3 is 0 Å². The molecule has 1 aliphatic rings. The van der Waals surface area contributed by atoms with E-state index in [1.165, 1.54) is 5.56 Å². The zero-order valence-electron chi connectivity index (χ0n) is 18.3. The van der Waals surface area contributed by atoms with Crippen LogP contribution in [0, 0.1) is 12.8 Å². The average molecular weight is 408 g/mol. The SMILES string of the molecule is Cc1cccc(C2CCC(C(=O)NCCN(C)C)CN2C(=O)Cc2ccccc2)c1. The van der Waals surface area contributed by atoms with Crippen LogP contribution in [0.25, 0.3) is 0 Å². The maximum absolute atomic E-state index is 13.3. The second kappa shape index (κ2) is 10.4. The molecule has 2 atom stereocenters. The molecule has 5 heteroatoms. The molecular formula is C25H33N3O2. The van der Waals surface area contributed by atoms with E-state index in [1.807, 2.05) is 60.3 Å². The number of rotatable bonds is 7. The highest BCUT2D eigenvalue weighted by molar-refractivity contribution is 5.82. The molecule has 2 amide bonds. The van der Waals surface area contributed by atoms with Crippen molar-refractivity contribution < 1.29 is 9.59 Å². The highest BCUT2D eigenvalue weighted by Crippen LogP contribution is 2.34. The molecule has 2 aromatic carbocycles. The predicted octanol–water partition coefficient (Wildman–Crippen LogP) is 3.20. The normalized spacial score (nSPS) is 19.0. The number of nitrogens with zero attached hydrogens (tertiary/aromatic N) is 2. The van der Waals surface area contributed by atoms with Crippen LogP contribution in [-0.4, -0.2) is 55.3 Å². The van der Waals surface area contributed by atoms with Crippen LogP contribution >= 0.6 is 0 Å². The van der Waals surface area contributed by atoms with E-state index >= 15 is 0 Å². The fourth-order valence-electron chi connectivity index (χ4n) is 4.10. The van der Waals surface area contributed by atoms with Crippen LogP contribution < -0.4 is 5.32 Å². The number of carbonyl (C=O) groups excluding carboxylic acids is 2. The fraction of sp³-hybridized carbons (Fsp3) is 0.440. The minimum absolute atomic E-state index is 0.0203. The fourth-order valence-corrected chi connectivity index (χ4v) is 4.10. The lowest BCUT2D eigenvalue weighted by Crippen LogP contribution is -2.48. The van der Waals surface area contributed by atoms with Gasteiger partial charge in [-0.25, -0.2) is 0 Å². The Bertz CT molecular complexity index is 850. The Kier molecular flexibility index (Phi) is 7.63. The van der Waals surface area contributed by atoms with E-state index in [-0.39, 0.29) is 23.8 Å². The van der Waals surface area contributed by atoms with E-state index in [0.29, 0.717) is 19.5 Å². The highest BCUT2D eigenvalue weighted by Gasteiger charge is 2.35. The van der Waals surface area contributed by atoms with Gasteiger partial charge in [0.2, 0.25) is 11.8 Å². The van der Waals surface area contributed by atoms with E-state index in [4.69, 9.17) is 0 Å². The topological polar surface area (TPSA) is 52.7 Å². The Morgan fingerprint density at radius 1 is 1.07 bits per heavy atom. The lowest BCUT2D eigenvalue weighted by Gasteiger charge is -2.40. The maximum Gasteiger partial charge on any atom is 0.227 e. The van der Waals surface area contributed by atoms with Gasteiger partial charge in [0.25, 0.3) is 0 Å². The summed E-state index contributed by atoms with van der Waals surface area (Å²) in [7, 11) is 3.98. The number of likely N-dealkylation sites (tertiary alicyclic amines) is 1. The molecule has 0 bridgehead atoms. The Hall–Kier alpha value is -2.66. The molecule has 2 unspecified atom stereocenters. The first-order valence-electron chi connectivity index (χ1n) is 10.8. The molecule has 160 valence electrons. The molecule has 30 heavy (non-hydrogen) atoms. The van der Waals surface area contributed by atoms with Crippen molar-refractivity contribution >= 4 is 11.8 Å². The molecule has 0 spiro atoms. The molecule has 5 nitrogen and oxygen atoms in total. The van der Waals surface area contributed by atoms with Crippen LogP contribution in [0.1, 0.15) is 35.6 Å². The molecule has 3 rings (SSSR count). The summed E-state index contributed by atoms with van der Waals surface area (Å²) < 4.78 is 0.